The molecule has 0 amide bonds. The van der Waals surface area contributed by atoms with Crippen LogP contribution < -0.4 is 9.47 Å². The number of aromatic hydroxyl groups is 2. The normalized spacial score (nSPS) is 14.2. The Labute approximate surface area is 148 Å². The molecule has 4 nitrogen and oxygen atoms in total. The van der Waals surface area contributed by atoms with Crippen LogP contribution in [0.3, 0.4) is 0 Å². The Morgan fingerprint density at radius 2 is 1.60 bits per heavy atom. The number of fused-ring (bicyclic) bond motifs is 5. The molecule has 132 valence electrons. The minimum Gasteiger partial charge on any atom is -0.507 e. The van der Waals surface area contributed by atoms with E-state index in [1.165, 1.54) is 7.11 Å². The van der Waals surface area contributed by atoms with Crippen LogP contribution in [0.2, 0.25) is 0 Å². The summed E-state index contributed by atoms with van der Waals surface area (Å²) in [6.07, 6.45) is 8.89. The summed E-state index contributed by atoms with van der Waals surface area (Å²) in [5.74, 6) is 1.04. The molecule has 3 rings (SSSR count). The first-order valence-electron chi connectivity index (χ1n) is 8.59. The third kappa shape index (κ3) is 3.43. The summed E-state index contributed by atoms with van der Waals surface area (Å²) in [7, 11) is 3.05. The number of hydrogen-bond acceptors (Lipinski definition) is 4. The number of phenols is 2. The van der Waals surface area contributed by atoms with Crippen LogP contribution in [0.25, 0.3) is 11.1 Å². The Morgan fingerprint density at radius 3 is 2.36 bits per heavy atom. The van der Waals surface area contributed by atoms with E-state index in [9.17, 15) is 10.2 Å². The third-order valence-corrected chi connectivity index (χ3v) is 4.63. The van der Waals surface area contributed by atoms with Gasteiger partial charge in [0.25, 0.3) is 0 Å². The molecule has 0 aromatic heterocycles. The minimum atomic E-state index is 0.109. The van der Waals surface area contributed by atoms with E-state index < -0.39 is 0 Å². The molecule has 0 saturated heterocycles. The summed E-state index contributed by atoms with van der Waals surface area (Å²) in [5.41, 5.74) is 3.37. The van der Waals surface area contributed by atoms with Gasteiger partial charge in [-0.25, -0.2) is 0 Å². The van der Waals surface area contributed by atoms with Gasteiger partial charge < -0.3 is 19.7 Å². The van der Waals surface area contributed by atoms with Gasteiger partial charge in [0, 0.05) is 11.1 Å². The van der Waals surface area contributed by atoms with Gasteiger partial charge in [0.05, 0.1) is 14.2 Å². The van der Waals surface area contributed by atoms with Gasteiger partial charge >= 0.3 is 0 Å². The van der Waals surface area contributed by atoms with Gasteiger partial charge in [-0.3, -0.25) is 0 Å². The lowest BCUT2D eigenvalue weighted by atomic mass is 9.95. The lowest BCUT2D eigenvalue weighted by Crippen LogP contribution is -1.98. The van der Waals surface area contributed by atoms with Crippen LogP contribution >= 0.6 is 0 Å². The van der Waals surface area contributed by atoms with Crippen molar-refractivity contribution in [3.63, 3.8) is 0 Å². The number of phenolic OH excluding ortho intramolecular Hbond substituents is 2. The number of aryl methyl sites for hydroxylation is 2. The summed E-state index contributed by atoms with van der Waals surface area (Å²) in [6, 6.07) is 7.54. The molecule has 2 aromatic rings. The van der Waals surface area contributed by atoms with E-state index in [1.807, 2.05) is 18.2 Å². The first kappa shape index (κ1) is 17.2. The number of methoxy groups -OCH3 is 2. The van der Waals surface area contributed by atoms with Gasteiger partial charge in [-0.2, -0.15) is 0 Å². The van der Waals surface area contributed by atoms with Crippen LogP contribution in [-0.4, -0.2) is 24.4 Å². The fourth-order valence-corrected chi connectivity index (χ4v) is 3.32. The van der Waals surface area contributed by atoms with Gasteiger partial charge in [-0.15, -0.1) is 0 Å². The molecule has 1 aliphatic carbocycles. The average Bonchev–Trinajstić information content (AvgIpc) is 2.63. The maximum Gasteiger partial charge on any atom is 0.203 e. The Morgan fingerprint density at radius 1 is 0.840 bits per heavy atom. The van der Waals surface area contributed by atoms with Gasteiger partial charge in [-0.1, -0.05) is 18.2 Å². The number of hydrogen-bond donors (Lipinski definition) is 2. The standard InChI is InChI=1S/C21H24O4/c1-24-20-17-13-15(19(23)21(20)25-2)9-7-5-3-4-6-8-14-10-11-18(22)16(17)12-14/h3-4,10-13,22-23H,5-9H2,1-2H3. The van der Waals surface area contributed by atoms with E-state index in [4.69, 9.17) is 9.47 Å². The predicted molar refractivity (Wildman–Crippen MR) is 98.7 cm³/mol. The molecule has 0 unspecified atom stereocenters. The molecule has 0 atom stereocenters. The summed E-state index contributed by atoms with van der Waals surface area (Å²) in [5, 5.41) is 21.0. The molecule has 0 spiro atoms. The molecular weight excluding hydrogens is 316 g/mol. The van der Waals surface area contributed by atoms with Gasteiger partial charge in [0.1, 0.15) is 5.75 Å². The fraction of sp³-hybridized carbons (Fsp3) is 0.333. The van der Waals surface area contributed by atoms with Crippen LogP contribution in [0, 0.1) is 0 Å². The van der Waals surface area contributed by atoms with Crippen LogP contribution in [0.5, 0.6) is 23.0 Å². The maximum atomic E-state index is 10.6. The highest BCUT2D eigenvalue weighted by Gasteiger charge is 2.22. The molecule has 0 fully saturated rings. The summed E-state index contributed by atoms with van der Waals surface area (Å²) < 4.78 is 10.9. The smallest absolute Gasteiger partial charge is 0.203 e. The van der Waals surface area contributed by atoms with Crippen molar-refractivity contribution in [2.75, 3.05) is 14.2 Å². The Bertz CT molecular complexity index is 793. The predicted octanol–water partition coefficient (Wildman–Crippen LogP) is 4.61. The van der Waals surface area contributed by atoms with Crippen LogP contribution in [0.15, 0.2) is 36.4 Å². The summed E-state index contributed by atoms with van der Waals surface area (Å²) in [6.45, 7) is 0. The molecular formula is C21H24O4. The zero-order valence-electron chi connectivity index (χ0n) is 14.7. The molecule has 0 aliphatic heterocycles. The van der Waals surface area contributed by atoms with E-state index in [2.05, 4.69) is 12.2 Å². The number of ether oxygens (including phenoxy) is 2. The van der Waals surface area contributed by atoms with Crippen molar-refractivity contribution in [3.05, 3.63) is 47.5 Å². The maximum absolute atomic E-state index is 10.6. The van der Waals surface area contributed by atoms with E-state index in [1.54, 1.807) is 13.2 Å². The van der Waals surface area contributed by atoms with Crippen molar-refractivity contribution in [1.82, 2.24) is 0 Å². The van der Waals surface area contributed by atoms with Crippen molar-refractivity contribution in [2.45, 2.75) is 32.1 Å². The largest absolute Gasteiger partial charge is 0.507 e. The van der Waals surface area contributed by atoms with Crippen molar-refractivity contribution >= 4 is 0 Å². The molecule has 0 saturated carbocycles. The molecule has 2 N–H and O–H groups in total. The van der Waals surface area contributed by atoms with Crippen LogP contribution in [0.4, 0.5) is 0 Å². The minimum absolute atomic E-state index is 0.109. The summed E-state index contributed by atoms with van der Waals surface area (Å²) >= 11 is 0. The van der Waals surface area contributed by atoms with E-state index in [0.29, 0.717) is 17.1 Å². The third-order valence-electron chi connectivity index (χ3n) is 4.63. The Hall–Kier alpha value is -2.62. The van der Waals surface area contributed by atoms with Gasteiger partial charge in [0.15, 0.2) is 11.5 Å². The first-order valence-corrected chi connectivity index (χ1v) is 8.59. The van der Waals surface area contributed by atoms with Crippen molar-refractivity contribution in [1.29, 1.82) is 0 Å². The number of allylic oxidation sites excluding steroid dienone is 2. The monoisotopic (exact) mass is 340 g/mol. The first-order chi connectivity index (χ1) is 12.2. The second-order valence-electron chi connectivity index (χ2n) is 6.25. The fourth-order valence-electron chi connectivity index (χ4n) is 3.32. The Kier molecular flexibility index (Phi) is 5.17. The van der Waals surface area contributed by atoms with Crippen LogP contribution in [-0.2, 0) is 12.8 Å². The molecule has 4 bridgehead atoms. The Balaban J connectivity index is 2.26. The van der Waals surface area contributed by atoms with Crippen LogP contribution in [0.1, 0.15) is 30.4 Å². The van der Waals surface area contributed by atoms with Crippen molar-refractivity contribution in [2.24, 2.45) is 0 Å². The molecule has 1 aliphatic rings. The summed E-state index contributed by atoms with van der Waals surface area (Å²) in [4.78, 5) is 0. The molecule has 2 aromatic carbocycles. The highest BCUT2D eigenvalue weighted by molar-refractivity contribution is 5.81. The quantitative estimate of drug-likeness (QED) is 0.784. The molecule has 25 heavy (non-hydrogen) atoms. The molecule has 0 heterocycles. The average molecular weight is 340 g/mol. The molecule has 4 heteroatoms. The van der Waals surface area contributed by atoms with Gasteiger partial charge in [0.2, 0.25) is 5.75 Å². The van der Waals surface area contributed by atoms with Gasteiger partial charge in [-0.05, 0) is 61.4 Å². The second kappa shape index (κ2) is 7.51. The highest BCUT2D eigenvalue weighted by atomic mass is 16.5. The lowest BCUT2D eigenvalue weighted by Gasteiger charge is -2.18. The lowest BCUT2D eigenvalue weighted by molar-refractivity contribution is 0.332. The van der Waals surface area contributed by atoms with E-state index >= 15 is 0 Å². The zero-order chi connectivity index (χ0) is 17.8. The topological polar surface area (TPSA) is 58.9 Å². The van der Waals surface area contributed by atoms with Crippen molar-refractivity contribution in [3.8, 4) is 34.1 Å². The zero-order valence-corrected chi connectivity index (χ0v) is 14.7. The van der Waals surface area contributed by atoms with E-state index in [-0.39, 0.29) is 11.5 Å². The number of benzene rings is 2. The van der Waals surface area contributed by atoms with E-state index in [0.717, 1.165) is 48.8 Å². The number of rotatable bonds is 2. The molecule has 0 radical (unpaired) electrons. The van der Waals surface area contributed by atoms with Crippen molar-refractivity contribution < 1.29 is 19.7 Å². The second-order valence-corrected chi connectivity index (χ2v) is 6.25. The SMILES string of the molecule is COc1c2cc(c(O)c1OC)CCCC=CCCc1ccc(O)c-2c1. The highest BCUT2D eigenvalue weighted by Crippen LogP contribution is 2.48.